The zero-order valence-corrected chi connectivity index (χ0v) is 12.4. The van der Waals surface area contributed by atoms with Crippen molar-refractivity contribution < 1.29 is 0 Å². The number of benzene rings is 1. The van der Waals surface area contributed by atoms with Crippen LogP contribution in [0.25, 0.3) is 11.0 Å². The van der Waals surface area contributed by atoms with Gasteiger partial charge in [-0.2, -0.15) is 12.6 Å². The van der Waals surface area contributed by atoms with Crippen molar-refractivity contribution in [3.8, 4) is 0 Å². The summed E-state index contributed by atoms with van der Waals surface area (Å²) in [5.41, 5.74) is 2.41. The van der Waals surface area contributed by atoms with E-state index in [0.29, 0.717) is 11.6 Å². The van der Waals surface area contributed by atoms with Gasteiger partial charge in [0.15, 0.2) is 0 Å². The van der Waals surface area contributed by atoms with Gasteiger partial charge in [0.2, 0.25) is 0 Å². The van der Waals surface area contributed by atoms with Crippen molar-refractivity contribution in [2.24, 2.45) is 5.92 Å². The summed E-state index contributed by atoms with van der Waals surface area (Å²) in [5.74, 6) is 1.48. The lowest BCUT2D eigenvalue weighted by molar-refractivity contribution is 0.471. The van der Waals surface area contributed by atoms with Gasteiger partial charge in [0.05, 0.1) is 11.0 Å². The van der Waals surface area contributed by atoms with E-state index >= 15 is 0 Å². The molecule has 2 rings (SSSR count). The topological polar surface area (TPSA) is 34.9 Å². The number of aromatic nitrogens is 2. The highest BCUT2D eigenvalue weighted by Gasteiger charge is 2.09. The third kappa shape index (κ3) is 3.18. The first kappa shape index (κ1) is 14.1. The van der Waals surface area contributed by atoms with Gasteiger partial charge in [-0.15, -0.1) is 0 Å². The van der Waals surface area contributed by atoms with Crippen LogP contribution < -0.4 is 5.56 Å². The summed E-state index contributed by atoms with van der Waals surface area (Å²) in [6.45, 7) is 4.73. The molecule has 2 aromatic rings. The molecular formula is C15H20N2OS. The molecule has 1 heterocycles. The molecule has 0 radical (unpaired) electrons. The summed E-state index contributed by atoms with van der Waals surface area (Å²) in [6, 6.07) is 7.82. The van der Waals surface area contributed by atoms with Crippen LogP contribution in [0.3, 0.4) is 0 Å². The quantitative estimate of drug-likeness (QED) is 0.852. The Morgan fingerprint density at radius 3 is 2.79 bits per heavy atom. The summed E-state index contributed by atoms with van der Waals surface area (Å²) in [4.78, 5) is 16.6. The number of hydrogen-bond donors (Lipinski definition) is 1. The van der Waals surface area contributed by atoms with Crippen LogP contribution in [0, 0.1) is 12.8 Å². The van der Waals surface area contributed by atoms with Crippen molar-refractivity contribution in [2.75, 3.05) is 5.75 Å². The van der Waals surface area contributed by atoms with Crippen molar-refractivity contribution in [3.63, 3.8) is 0 Å². The highest BCUT2D eigenvalue weighted by molar-refractivity contribution is 7.80. The Bertz CT molecular complexity index is 621. The summed E-state index contributed by atoms with van der Waals surface area (Å²) in [6.07, 6.45) is 2.08. The standard InChI is InChI=1S/C15H20N2OS/c1-11(8-10-19)7-9-17-14-6-4-3-5-13(14)16-12(2)15(17)18/h3-6,11,19H,7-10H2,1-2H3. The first-order valence-corrected chi connectivity index (χ1v) is 7.33. The molecule has 0 saturated carbocycles. The van der Waals surface area contributed by atoms with Crippen molar-refractivity contribution in [1.29, 1.82) is 0 Å². The molecule has 0 amide bonds. The lowest BCUT2D eigenvalue weighted by Crippen LogP contribution is -2.25. The summed E-state index contributed by atoms with van der Waals surface area (Å²) in [7, 11) is 0. The Balaban J connectivity index is 2.35. The van der Waals surface area contributed by atoms with Crippen LogP contribution in [-0.2, 0) is 6.54 Å². The highest BCUT2D eigenvalue weighted by Crippen LogP contribution is 2.13. The molecule has 4 heteroatoms. The second-order valence-electron chi connectivity index (χ2n) is 5.05. The fourth-order valence-corrected chi connectivity index (χ4v) is 2.70. The fraction of sp³-hybridized carbons (Fsp3) is 0.467. The maximum atomic E-state index is 12.2. The minimum absolute atomic E-state index is 0.0248. The van der Waals surface area contributed by atoms with Gasteiger partial charge in [-0.3, -0.25) is 4.79 Å². The fourth-order valence-electron chi connectivity index (χ4n) is 2.26. The van der Waals surface area contributed by atoms with Gasteiger partial charge in [-0.1, -0.05) is 19.1 Å². The molecule has 1 aromatic carbocycles. The first-order valence-electron chi connectivity index (χ1n) is 6.70. The Hall–Kier alpha value is -1.29. The molecule has 0 aliphatic heterocycles. The third-order valence-corrected chi connectivity index (χ3v) is 3.74. The Morgan fingerprint density at radius 2 is 2.05 bits per heavy atom. The van der Waals surface area contributed by atoms with Crippen LogP contribution in [-0.4, -0.2) is 15.3 Å². The third-order valence-electron chi connectivity index (χ3n) is 3.48. The Kier molecular flexibility index (Phi) is 4.64. The van der Waals surface area contributed by atoms with Gasteiger partial charge in [-0.25, -0.2) is 4.98 Å². The maximum Gasteiger partial charge on any atom is 0.272 e. The SMILES string of the molecule is Cc1nc2ccccc2n(CCC(C)CCS)c1=O. The summed E-state index contributed by atoms with van der Waals surface area (Å²) < 4.78 is 1.85. The number of thiol groups is 1. The molecule has 1 atom stereocenters. The van der Waals surface area contributed by atoms with Gasteiger partial charge >= 0.3 is 0 Å². The van der Waals surface area contributed by atoms with E-state index in [9.17, 15) is 4.79 Å². The van der Waals surface area contributed by atoms with E-state index in [1.54, 1.807) is 6.92 Å². The molecule has 0 spiro atoms. The predicted molar refractivity (Wildman–Crippen MR) is 83.0 cm³/mol. The lowest BCUT2D eigenvalue weighted by Gasteiger charge is -2.14. The second kappa shape index (κ2) is 6.24. The van der Waals surface area contributed by atoms with Crippen LogP contribution in [0.5, 0.6) is 0 Å². The van der Waals surface area contributed by atoms with E-state index in [1.165, 1.54) is 0 Å². The van der Waals surface area contributed by atoms with E-state index in [4.69, 9.17) is 0 Å². The number of rotatable bonds is 5. The van der Waals surface area contributed by atoms with E-state index in [2.05, 4.69) is 24.5 Å². The van der Waals surface area contributed by atoms with E-state index in [0.717, 1.165) is 36.2 Å². The van der Waals surface area contributed by atoms with E-state index < -0.39 is 0 Å². The Labute approximate surface area is 119 Å². The number of para-hydroxylation sites is 2. The van der Waals surface area contributed by atoms with Gasteiger partial charge in [0, 0.05) is 6.54 Å². The average molecular weight is 276 g/mol. The van der Waals surface area contributed by atoms with Crippen LogP contribution in [0.2, 0.25) is 0 Å². The van der Waals surface area contributed by atoms with Crippen molar-refractivity contribution in [3.05, 3.63) is 40.3 Å². The van der Waals surface area contributed by atoms with Crippen molar-refractivity contribution in [2.45, 2.75) is 33.2 Å². The molecule has 19 heavy (non-hydrogen) atoms. The first-order chi connectivity index (χ1) is 9.13. The largest absolute Gasteiger partial charge is 0.305 e. The molecule has 0 aliphatic rings. The van der Waals surface area contributed by atoms with Crippen LogP contribution >= 0.6 is 12.6 Å². The van der Waals surface area contributed by atoms with Gasteiger partial charge < -0.3 is 4.57 Å². The maximum absolute atomic E-state index is 12.2. The molecule has 1 aromatic heterocycles. The predicted octanol–water partition coefficient (Wildman–Crippen LogP) is 3.05. The molecule has 3 nitrogen and oxygen atoms in total. The smallest absolute Gasteiger partial charge is 0.272 e. The molecule has 0 aliphatic carbocycles. The minimum atomic E-state index is 0.0248. The summed E-state index contributed by atoms with van der Waals surface area (Å²) >= 11 is 4.26. The number of hydrogen-bond acceptors (Lipinski definition) is 3. The van der Waals surface area contributed by atoms with E-state index in [1.807, 2.05) is 28.8 Å². The highest BCUT2D eigenvalue weighted by atomic mass is 32.1. The minimum Gasteiger partial charge on any atom is -0.305 e. The van der Waals surface area contributed by atoms with Gasteiger partial charge in [-0.05, 0) is 43.6 Å². The van der Waals surface area contributed by atoms with E-state index in [-0.39, 0.29) is 5.56 Å². The number of fused-ring (bicyclic) bond motifs is 1. The molecule has 102 valence electrons. The molecule has 0 saturated heterocycles. The van der Waals surface area contributed by atoms with Crippen LogP contribution in [0.1, 0.15) is 25.5 Å². The van der Waals surface area contributed by atoms with Crippen LogP contribution in [0.4, 0.5) is 0 Å². The van der Waals surface area contributed by atoms with Crippen LogP contribution in [0.15, 0.2) is 29.1 Å². The molecule has 0 fully saturated rings. The normalized spacial score (nSPS) is 12.8. The van der Waals surface area contributed by atoms with Crippen molar-refractivity contribution in [1.82, 2.24) is 9.55 Å². The number of nitrogens with zero attached hydrogens (tertiary/aromatic N) is 2. The second-order valence-corrected chi connectivity index (χ2v) is 5.50. The average Bonchev–Trinajstić information content (AvgIpc) is 2.39. The zero-order valence-electron chi connectivity index (χ0n) is 11.5. The lowest BCUT2D eigenvalue weighted by atomic mass is 10.1. The molecule has 0 N–H and O–H groups in total. The van der Waals surface area contributed by atoms with Gasteiger partial charge in [0.25, 0.3) is 5.56 Å². The zero-order chi connectivity index (χ0) is 13.8. The Morgan fingerprint density at radius 1 is 1.32 bits per heavy atom. The van der Waals surface area contributed by atoms with Gasteiger partial charge in [0.1, 0.15) is 5.69 Å². The summed E-state index contributed by atoms with van der Waals surface area (Å²) in [5, 5.41) is 0. The molecule has 1 unspecified atom stereocenters. The monoisotopic (exact) mass is 276 g/mol. The van der Waals surface area contributed by atoms with Crippen molar-refractivity contribution >= 4 is 23.7 Å². The molecule has 0 bridgehead atoms. The molecular weight excluding hydrogens is 256 g/mol. The number of aryl methyl sites for hydroxylation is 2.